The number of nitrogens with zero attached hydrogens (tertiary/aromatic N) is 1. The van der Waals surface area contributed by atoms with E-state index in [1.807, 2.05) is 5.43 Å². The third-order valence-corrected chi connectivity index (χ3v) is 3.09. The molecule has 1 amide bonds. The zero-order chi connectivity index (χ0) is 15.8. The van der Waals surface area contributed by atoms with Crippen LogP contribution in [0.15, 0.2) is 35.8 Å². The number of para-hydroxylation sites is 1. The fourth-order valence-electron chi connectivity index (χ4n) is 1.98. The molecule has 1 aliphatic heterocycles. The summed E-state index contributed by atoms with van der Waals surface area (Å²) in [5.74, 6) is -2.37. The van der Waals surface area contributed by atoms with Crippen LogP contribution in [0.3, 0.4) is 0 Å². The molecular formula is C13H13F4N3O. The molecule has 1 aliphatic rings. The molecule has 0 saturated carbocycles. The van der Waals surface area contributed by atoms with E-state index in [0.29, 0.717) is 16.3 Å². The molecule has 0 aliphatic carbocycles. The van der Waals surface area contributed by atoms with E-state index < -0.39 is 29.6 Å². The highest BCUT2D eigenvalue weighted by Gasteiger charge is 2.50. The molecule has 0 bridgehead atoms. The summed E-state index contributed by atoms with van der Waals surface area (Å²) in [4.78, 5) is 12.0. The molecule has 0 radical (unpaired) electrons. The van der Waals surface area contributed by atoms with Gasteiger partial charge >= 0.3 is 6.18 Å². The fourth-order valence-corrected chi connectivity index (χ4v) is 1.98. The number of anilines is 1. The lowest BCUT2D eigenvalue weighted by Crippen LogP contribution is -2.46. The van der Waals surface area contributed by atoms with Crippen LogP contribution in [0.1, 0.15) is 5.56 Å². The van der Waals surface area contributed by atoms with Crippen molar-refractivity contribution < 1.29 is 22.4 Å². The topological polar surface area (TPSA) is 44.4 Å². The second kappa shape index (κ2) is 5.36. The Hall–Kier alpha value is -2.09. The van der Waals surface area contributed by atoms with Crippen molar-refractivity contribution in [2.75, 3.05) is 12.4 Å². The molecule has 8 heteroatoms. The third kappa shape index (κ3) is 2.99. The van der Waals surface area contributed by atoms with Gasteiger partial charge in [-0.1, -0.05) is 18.2 Å². The third-order valence-electron chi connectivity index (χ3n) is 3.09. The first kappa shape index (κ1) is 15.3. The van der Waals surface area contributed by atoms with Crippen LogP contribution in [0.2, 0.25) is 0 Å². The van der Waals surface area contributed by atoms with Gasteiger partial charge in [-0.2, -0.15) is 17.6 Å². The standard InChI is InChI=1S/C13H13F4N3O/c1-7-5-3-4-6-8(7)18-12(21)9-10(13(15,16)17)19-20(2)11(9)14/h3-6,10,19H,1-2H3,(H,18,21). The van der Waals surface area contributed by atoms with E-state index in [9.17, 15) is 22.4 Å². The van der Waals surface area contributed by atoms with Gasteiger partial charge in [0.2, 0.25) is 5.95 Å². The van der Waals surface area contributed by atoms with Crippen molar-refractivity contribution in [2.45, 2.75) is 19.1 Å². The average Bonchev–Trinajstić information content (AvgIpc) is 2.69. The SMILES string of the molecule is Cc1ccccc1NC(=O)C1=C(F)N(C)NC1C(F)(F)F. The fraction of sp³-hybridized carbons (Fsp3) is 0.308. The number of hydrazine groups is 1. The van der Waals surface area contributed by atoms with Crippen molar-refractivity contribution in [2.24, 2.45) is 0 Å². The summed E-state index contributed by atoms with van der Waals surface area (Å²) in [6, 6.07) is 4.18. The molecule has 4 nitrogen and oxygen atoms in total. The first-order valence-electron chi connectivity index (χ1n) is 6.05. The summed E-state index contributed by atoms with van der Waals surface area (Å²) >= 11 is 0. The predicted octanol–water partition coefficient (Wildman–Crippen LogP) is 2.50. The quantitative estimate of drug-likeness (QED) is 0.652. The second-order valence-electron chi connectivity index (χ2n) is 4.64. The van der Waals surface area contributed by atoms with Gasteiger partial charge in [0.25, 0.3) is 5.91 Å². The monoisotopic (exact) mass is 303 g/mol. The van der Waals surface area contributed by atoms with Gasteiger partial charge < -0.3 is 5.32 Å². The maximum atomic E-state index is 13.8. The molecule has 1 aromatic carbocycles. The zero-order valence-electron chi connectivity index (χ0n) is 11.3. The number of hydrogen-bond acceptors (Lipinski definition) is 3. The van der Waals surface area contributed by atoms with Crippen molar-refractivity contribution in [1.82, 2.24) is 10.4 Å². The van der Waals surface area contributed by atoms with Crippen LogP contribution in [0, 0.1) is 6.92 Å². The average molecular weight is 303 g/mol. The number of nitrogens with one attached hydrogen (secondary N) is 2. The van der Waals surface area contributed by atoms with Crippen molar-refractivity contribution in [3.63, 3.8) is 0 Å². The Morgan fingerprint density at radius 2 is 1.95 bits per heavy atom. The largest absolute Gasteiger partial charge is 0.409 e. The summed E-state index contributed by atoms with van der Waals surface area (Å²) in [7, 11) is 1.07. The molecular weight excluding hydrogens is 290 g/mol. The summed E-state index contributed by atoms with van der Waals surface area (Å²) < 4.78 is 52.4. The lowest BCUT2D eigenvalue weighted by molar-refractivity contribution is -0.153. The Kier molecular flexibility index (Phi) is 3.91. The molecule has 1 unspecified atom stereocenters. The number of rotatable bonds is 2. The van der Waals surface area contributed by atoms with Gasteiger partial charge in [0.15, 0.2) is 6.04 Å². The highest BCUT2D eigenvalue weighted by Crippen LogP contribution is 2.33. The Balaban J connectivity index is 2.30. The molecule has 114 valence electrons. The number of aryl methyl sites for hydroxylation is 1. The number of alkyl halides is 3. The summed E-state index contributed by atoms with van der Waals surface area (Å²) in [6.45, 7) is 1.68. The molecule has 2 rings (SSSR count). The molecule has 2 N–H and O–H groups in total. The molecule has 1 heterocycles. The molecule has 0 saturated heterocycles. The maximum absolute atomic E-state index is 13.8. The van der Waals surface area contributed by atoms with E-state index in [1.54, 1.807) is 25.1 Å². The molecule has 0 spiro atoms. The second-order valence-corrected chi connectivity index (χ2v) is 4.64. The van der Waals surface area contributed by atoms with Crippen LogP contribution in [0.5, 0.6) is 0 Å². The molecule has 21 heavy (non-hydrogen) atoms. The Labute approximate surface area is 118 Å². The molecule has 0 fully saturated rings. The van der Waals surface area contributed by atoms with Gasteiger partial charge in [-0.05, 0) is 18.6 Å². The number of carbonyl (C=O) groups excluding carboxylic acids is 1. The van der Waals surface area contributed by atoms with E-state index in [1.165, 1.54) is 6.07 Å². The van der Waals surface area contributed by atoms with Crippen LogP contribution in [-0.4, -0.2) is 30.2 Å². The van der Waals surface area contributed by atoms with Gasteiger partial charge in [-0.3, -0.25) is 9.80 Å². The maximum Gasteiger partial charge on any atom is 0.409 e. The van der Waals surface area contributed by atoms with E-state index in [0.717, 1.165) is 7.05 Å². The van der Waals surface area contributed by atoms with Gasteiger partial charge in [0, 0.05) is 12.7 Å². The van der Waals surface area contributed by atoms with Crippen LogP contribution in [0.25, 0.3) is 0 Å². The van der Waals surface area contributed by atoms with E-state index in [2.05, 4.69) is 5.32 Å². The molecule has 0 aromatic heterocycles. The summed E-state index contributed by atoms with van der Waals surface area (Å²) in [6.07, 6.45) is -4.78. The minimum atomic E-state index is -4.78. The Morgan fingerprint density at radius 3 is 2.52 bits per heavy atom. The van der Waals surface area contributed by atoms with Gasteiger partial charge in [-0.25, -0.2) is 5.43 Å². The first-order valence-corrected chi connectivity index (χ1v) is 6.05. The number of benzene rings is 1. The zero-order valence-corrected chi connectivity index (χ0v) is 11.3. The van der Waals surface area contributed by atoms with E-state index in [-0.39, 0.29) is 0 Å². The smallest absolute Gasteiger partial charge is 0.322 e. The van der Waals surface area contributed by atoms with E-state index in [4.69, 9.17) is 0 Å². The number of hydrogen-bond donors (Lipinski definition) is 2. The lowest BCUT2D eigenvalue weighted by Gasteiger charge is -2.19. The number of halogens is 4. The van der Waals surface area contributed by atoms with Crippen molar-refractivity contribution in [3.8, 4) is 0 Å². The van der Waals surface area contributed by atoms with Gasteiger partial charge in [0.05, 0.1) is 5.57 Å². The lowest BCUT2D eigenvalue weighted by atomic mass is 10.1. The minimum Gasteiger partial charge on any atom is -0.322 e. The number of amides is 1. The predicted molar refractivity (Wildman–Crippen MR) is 68.7 cm³/mol. The number of carbonyl (C=O) groups is 1. The normalized spacial score (nSPS) is 19.1. The van der Waals surface area contributed by atoms with Crippen molar-refractivity contribution >= 4 is 11.6 Å². The van der Waals surface area contributed by atoms with Crippen molar-refractivity contribution in [1.29, 1.82) is 0 Å². The van der Waals surface area contributed by atoms with Crippen molar-refractivity contribution in [3.05, 3.63) is 41.4 Å². The van der Waals surface area contributed by atoms with Crippen LogP contribution >= 0.6 is 0 Å². The van der Waals surface area contributed by atoms with Gasteiger partial charge in [-0.15, -0.1) is 0 Å². The van der Waals surface area contributed by atoms with Crippen LogP contribution < -0.4 is 10.7 Å². The molecule has 1 aromatic rings. The molecule has 1 atom stereocenters. The van der Waals surface area contributed by atoms with Crippen LogP contribution in [0.4, 0.5) is 23.2 Å². The Bertz CT molecular complexity index is 597. The van der Waals surface area contributed by atoms with E-state index >= 15 is 0 Å². The summed E-state index contributed by atoms with van der Waals surface area (Å²) in [5, 5.41) is 2.85. The minimum absolute atomic E-state index is 0.332. The Morgan fingerprint density at radius 1 is 1.33 bits per heavy atom. The highest BCUT2D eigenvalue weighted by molar-refractivity contribution is 6.05. The van der Waals surface area contributed by atoms with Crippen LogP contribution in [-0.2, 0) is 4.79 Å². The summed E-state index contributed by atoms with van der Waals surface area (Å²) in [5.41, 5.74) is 1.89. The van der Waals surface area contributed by atoms with Gasteiger partial charge in [0.1, 0.15) is 0 Å². The first-order chi connectivity index (χ1) is 9.71. The highest BCUT2D eigenvalue weighted by atomic mass is 19.4.